The van der Waals surface area contributed by atoms with E-state index in [-0.39, 0.29) is 11.0 Å². The highest BCUT2D eigenvalue weighted by Gasteiger charge is 2.14. The lowest BCUT2D eigenvalue weighted by molar-refractivity contribution is 0.0957. The first kappa shape index (κ1) is 23.7. The Bertz CT molecular complexity index is 878. The molecule has 0 heterocycles. The molecule has 30 heavy (non-hydrogen) atoms. The Morgan fingerprint density at radius 3 is 2.47 bits per heavy atom. The lowest BCUT2D eigenvalue weighted by Crippen LogP contribution is -2.39. The van der Waals surface area contributed by atoms with Crippen LogP contribution in [-0.4, -0.2) is 45.1 Å². The maximum atomic E-state index is 12.6. The molecule has 0 spiro atoms. The third-order valence-electron chi connectivity index (χ3n) is 4.04. The average molecular weight is 453 g/mol. The van der Waals surface area contributed by atoms with E-state index in [2.05, 4.69) is 10.6 Å². The summed E-state index contributed by atoms with van der Waals surface area (Å²) in [4.78, 5) is 12.6. The second kappa shape index (κ2) is 12.2. The molecular formula is C21H25ClN2O5S. The smallest absolute Gasteiger partial charge is 0.261 e. The molecule has 2 rings (SSSR count). The van der Waals surface area contributed by atoms with Gasteiger partial charge in [-0.15, -0.1) is 0 Å². The van der Waals surface area contributed by atoms with Crippen molar-refractivity contribution in [2.75, 3.05) is 34.0 Å². The van der Waals surface area contributed by atoms with E-state index in [1.807, 2.05) is 6.92 Å². The minimum absolute atomic E-state index is 0.162. The number of carbonyl (C=O) groups excluding carboxylic acids is 1. The predicted molar refractivity (Wildman–Crippen MR) is 120 cm³/mol. The standard InChI is InChI=1S/C21H25ClN2O5S/c1-4-28-9-10-29-17-8-6-5-7-15(17)20(25)24-21(30)23-13-14-11-18(26-2)19(27-3)12-16(14)22/h5-8,11-12H,4,9-10,13H2,1-3H3,(H2,23,24,25,30). The van der Waals surface area contributed by atoms with Gasteiger partial charge in [0, 0.05) is 24.2 Å². The third-order valence-corrected chi connectivity index (χ3v) is 4.64. The van der Waals surface area contributed by atoms with Gasteiger partial charge in [-0.2, -0.15) is 0 Å². The second-order valence-electron chi connectivity index (χ2n) is 5.98. The van der Waals surface area contributed by atoms with Crippen LogP contribution in [0.4, 0.5) is 0 Å². The number of hydrogen-bond acceptors (Lipinski definition) is 6. The van der Waals surface area contributed by atoms with Crippen LogP contribution in [0.1, 0.15) is 22.8 Å². The maximum Gasteiger partial charge on any atom is 0.261 e. The summed E-state index contributed by atoms with van der Waals surface area (Å²) in [7, 11) is 3.08. The van der Waals surface area contributed by atoms with Gasteiger partial charge in [0.1, 0.15) is 12.4 Å². The van der Waals surface area contributed by atoms with Gasteiger partial charge in [0.15, 0.2) is 16.6 Å². The summed E-state index contributed by atoms with van der Waals surface area (Å²) in [6.45, 7) is 3.60. The highest BCUT2D eigenvalue weighted by molar-refractivity contribution is 7.80. The molecule has 0 atom stereocenters. The summed E-state index contributed by atoms with van der Waals surface area (Å²) in [6.07, 6.45) is 0. The number of carbonyl (C=O) groups is 1. The topological polar surface area (TPSA) is 78.1 Å². The Hall–Kier alpha value is -2.55. The summed E-state index contributed by atoms with van der Waals surface area (Å²) in [6, 6.07) is 10.3. The summed E-state index contributed by atoms with van der Waals surface area (Å²) in [5.74, 6) is 1.16. The van der Waals surface area contributed by atoms with Gasteiger partial charge in [-0.3, -0.25) is 10.1 Å². The van der Waals surface area contributed by atoms with E-state index < -0.39 is 0 Å². The van der Waals surface area contributed by atoms with Crippen molar-refractivity contribution in [3.8, 4) is 17.2 Å². The first-order valence-electron chi connectivity index (χ1n) is 9.29. The fourth-order valence-corrected chi connectivity index (χ4v) is 2.94. The molecule has 2 aromatic carbocycles. The largest absolute Gasteiger partial charge is 0.493 e. The molecule has 1 amide bonds. The quantitative estimate of drug-likeness (QED) is 0.421. The number of methoxy groups -OCH3 is 2. The van der Waals surface area contributed by atoms with Crippen molar-refractivity contribution in [2.45, 2.75) is 13.5 Å². The number of halogens is 1. The molecule has 0 aliphatic carbocycles. The molecule has 2 N–H and O–H groups in total. The van der Waals surface area contributed by atoms with E-state index in [1.54, 1.807) is 43.5 Å². The second-order valence-corrected chi connectivity index (χ2v) is 6.79. The Labute approximate surface area is 186 Å². The molecule has 0 aliphatic heterocycles. The fraction of sp³-hybridized carbons (Fsp3) is 0.333. The minimum atomic E-state index is -0.377. The number of rotatable bonds is 10. The van der Waals surface area contributed by atoms with Crippen molar-refractivity contribution in [1.82, 2.24) is 10.6 Å². The molecule has 9 heteroatoms. The zero-order valence-electron chi connectivity index (χ0n) is 17.1. The molecule has 0 bridgehead atoms. The molecule has 0 saturated carbocycles. The summed E-state index contributed by atoms with van der Waals surface area (Å²) < 4.78 is 21.4. The van der Waals surface area contributed by atoms with Crippen LogP contribution in [-0.2, 0) is 11.3 Å². The Morgan fingerprint density at radius 1 is 1.07 bits per heavy atom. The maximum absolute atomic E-state index is 12.6. The molecule has 7 nitrogen and oxygen atoms in total. The fourth-order valence-electron chi connectivity index (χ4n) is 2.56. The number of thiocarbonyl (C=S) groups is 1. The van der Waals surface area contributed by atoms with Gasteiger partial charge in [0.2, 0.25) is 0 Å². The van der Waals surface area contributed by atoms with Gasteiger partial charge < -0.3 is 24.3 Å². The molecule has 162 valence electrons. The molecule has 0 fully saturated rings. The number of para-hydroxylation sites is 1. The monoisotopic (exact) mass is 452 g/mol. The van der Waals surface area contributed by atoms with E-state index in [0.29, 0.717) is 54.2 Å². The number of hydrogen-bond donors (Lipinski definition) is 2. The van der Waals surface area contributed by atoms with Crippen LogP contribution in [0.5, 0.6) is 17.2 Å². The first-order valence-corrected chi connectivity index (χ1v) is 10.1. The van der Waals surface area contributed by atoms with Crippen LogP contribution in [0.15, 0.2) is 36.4 Å². The summed E-state index contributed by atoms with van der Waals surface area (Å²) in [5.41, 5.74) is 1.12. The Morgan fingerprint density at radius 2 is 1.77 bits per heavy atom. The summed E-state index contributed by atoms with van der Waals surface area (Å²) >= 11 is 11.5. The van der Waals surface area contributed by atoms with E-state index in [4.69, 9.17) is 42.8 Å². The minimum Gasteiger partial charge on any atom is -0.493 e. The predicted octanol–water partition coefficient (Wildman–Crippen LogP) is 3.58. The van der Waals surface area contributed by atoms with Crippen LogP contribution in [0.25, 0.3) is 0 Å². The molecular weight excluding hydrogens is 428 g/mol. The van der Waals surface area contributed by atoms with Gasteiger partial charge in [0.25, 0.3) is 5.91 Å². The molecule has 0 radical (unpaired) electrons. The van der Waals surface area contributed by atoms with E-state index >= 15 is 0 Å². The van der Waals surface area contributed by atoms with E-state index in [1.165, 1.54) is 7.11 Å². The SMILES string of the molecule is CCOCCOc1ccccc1C(=O)NC(=S)NCc1cc(OC)c(OC)cc1Cl. The highest BCUT2D eigenvalue weighted by atomic mass is 35.5. The van der Waals surface area contributed by atoms with E-state index in [9.17, 15) is 4.79 Å². The van der Waals surface area contributed by atoms with Gasteiger partial charge in [-0.1, -0.05) is 23.7 Å². The average Bonchev–Trinajstić information content (AvgIpc) is 2.75. The van der Waals surface area contributed by atoms with Gasteiger partial charge in [0.05, 0.1) is 26.4 Å². The third kappa shape index (κ3) is 6.76. The lowest BCUT2D eigenvalue weighted by Gasteiger charge is -2.15. The van der Waals surface area contributed by atoms with Crippen molar-refractivity contribution in [3.05, 3.63) is 52.5 Å². The molecule has 0 aliphatic rings. The number of nitrogens with one attached hydrogen (secondary N) is 2. The van der Waals surface area contributed by atoms with Crippen molar-refractivity contribution in [1.29, 1.82) is 0 Å². The number of amides is 1. The molecule has 0 unspecified atom stereocenters. The Kier molecular flexibility index (Phi) is 9.66. The van der Waals surface area contributed by atoms with Crippen LogP contribution < -0.4 is 24.8 Å². The van der Waals surface area contributed by atoms with Crippen molar-refractivity contribution in [2.24, 2.45) is 0 Å². The first-order chi connectivity index (χ1) is 14.5. The molecule has 0 saturated heterocycles. The molecule has 0 aromatic heterocycles. The van der Waals surface area contributed by atoms with Crippen LogP contribution in [0.2, 0.25) is 5.02 Å². The number of ether oxygens (including phenoxy) is 4. The zero-order valence-corrected chi connectivity index (χ0v) is 18.7. The van der Waals surface area contributed by atoms with Gasteiger partial charge in [-0.25, -0.2) is 0 Å². The van der Waals surface area contributed by atoms with Crippen molar-refractivity contribution in [3.63, 3.8) is 0 Å². The highest BCUT2D eigenvalue weighted by Crippen LogP contribution is 2.33. The van der Waals surface area contributed by atoms with Crippen LogP contribution in [0, 0.1) is 0 Å². The van der Waals surface area contributed by atoms with Gasteiger partial charge >= 0.3 is 0 Å². The molecule has 2 aromatic rings. The van der Waals surface area contributed by atoms with Crippen molar-refractivity contribution >= 4 is 34.8 Å². The van der Waals surface area contributed by atoms with Crippen molar-refractivity contribution < 1.29 is 23.7 Å². The zero-order chi connectivity index (χ0) is 21.9. The van der Waals surface area contributed by atoms with E-state index in [0.717, 1.165) is 5.56 Å². The van der Waals surface area contributed by atoms with Crippen LogP contribution >= 0.6 is 23.8 Å². The van der Waals surface area contributed by atoms with Gasteiger partial charge in [-0.05, 0) is 42.9 Å². The number of benzene rings is 2. The summed E-state index contributed by atoms with van der Waals surface area (Å²) in [5, 5.41) is 6.27. The van der Waals surface area contributed by atoms with Crippen LogP contribution in [0.3, 0.4) is 0 Å². The Balaban J connectivity index is 1.97. The lowest BCUT2D eigenvalue weighted by atomic mass is 10.2. The normalized spacial score (nSPS) is 10.3.